The summed E-state index contributed by atoms with van der Waals surface area (Å²) in [7, 11) is 0. The van der Waals surface area contributed by atoms with Gasteiger partial charge in [0.05, 0.1) is 12.1 Å². The van der Waals surface area contributed by atoms with Gasteiger partial charge in [0, 0.05) is 6.42 Å². The smallest absolute Gasteiger partial charge is 0.220 e. The highest BCUT2D eigenvalue weighted by molar-refractivity contribution is 5.85. The summed E-state index contributed by atoms with van der Waals surface area (Å²) in [6, 6.07) is 7.97. The lowest BCUT2D eigenvalue weighted by molar-refractivity contribution is -0.123. The van der Waals surface area contributed by atoms with Gasteiger partial charge in [-0.2, -0.15) is 0 Å². The van der Waals surface area contributed by atoms with E-state index in [1.807, 2.05) is 45.0 Å². The standard InChI is InChI=1S/C20H32N2O2.ClH/c1-14(2)24-19-9-5-7-17(12-19)16(4)22-20(23)11-15(3)18-8-6-10-21-13-18;/h5,7,9,12,14-16,18,21H,6,8,10-11,13H2,1-4H3,(H,22,23);1H. The molecular weight excluding hydrogens is 336 g/mol. The fraction of sp³-hybridized carbons (Fsp3) is 0.650. The normalized spacial score (nSPS) is 19.6. The van der Waals surface area contributed by atoms with Crippen LogP contribution in [0.2, 0.25) is 0 Å². The molecule has 0 saturated carbocycles. The van der Waals surface area contributed by atoms with Gasteiger partial charge in [-0.1, -0.05) is 19.1 Å². The van der Waals surface area contributed by atoms with E-state index in [4.69, 9.17) is 4.74 Å². The second-order valence-corrected chi connectivity index (χ2v) is 7.32. The van der Waals surface area contributed by atoms with Crippen molar-refractivity contribution in [1.82, 2.24) is 10.6 Å². The zero-order valence-corrected chi connectivity index (χ0v) is 16.7. The molecular formula is C20H33ClN2O2. The minimum atomic E-state index is -0.00936. The number of hydrogen-bond donors (Lipinski definition) is 2. The Bertz CT molecular complexity index is 530. The molecule has 0 spiro atoms. The van der Waals surface area contributed by atoms with Crippen molar-refractivity contribution in [3.05, 3.63) is 29.8 Å². The Kier molecular flexibility index (Phi) is 9.30. The van der Waals surface area contributed by atoms with E-state index in [-0.39, 0.29) is 30.5 Å². The van der Waals surface area contributed by atoms with Crippen LogP contribution in [0.4, 0.5) is 0 Å². The number of ether oxygens (including phenoxy) is 1. The zero-order valence-electron chi connectivity index (χ0n) is 15.9. The number of hydrogen-bond acceptors (Lipinski definition) is 3. The van der Waals surface area contributed by atoms with Crippen molar-refractivity contribution in [2.24, 2.45) is 11.8 Å². The number of nitrogens with one attached hydrogen (secondary N) is 2. The van der Waals surface area contributed by atoms with Gasteiger partial charge < -0.3 is 15.4 Å². The second kappa shape index (κ2) is 10.7. The molecule has 1 saturated heterocycles. The van der Waals surface area contributed by atoms with Crippen LogP contribution in [-0.4, -0.2) is 25.1 Å². The summed E-state index contributed by atoms with van der Waals surface area (Å²) >= 11 is 0. The highest BCUT2D eigenvalue weighted by Gasteiger charge is 2.22. The first-order valence-corrected chi connectivity index (χ1v) is 9.22. The van der Waals surface area contributed by atoms with Gasteiger partial charge in [0.2, 0.25) is 5.91 Å². The van der Waals surface area contributed by atoms with Crippen LogP contribution >= 0.6 is 12.4 Å². The topological polar surface area (TPSA) is 50.4 Å². The number of benzene rings is 1. The molecule has 0 aromatic heterocycles. The fourth-order valence-electron chi connectivity index (χ4n) is 3.34. The number of carbonyl (C=O) groups is 1. The van der Waals surface area contributed by atoms with E-state index in [0.29, 0.717) is 18.3 Å². The van der Waals surface area contributed by atoms with Gasteiger partial charge in [0.25, 0.3) is 0 Å². The molecule has 1 aliphatic rings. The Labute approximate surface area is 158 Å². The van der Waals surface area contributed by atoms with E-state index in [0.717, 1.165) is 24.4 Å². The van der Waals surface area contributed by atoms with E-state index in [9.17, 15) is 4.79 Å². The zero-order chi connectivity index (χ0) is 17.5. The van der Waals surface area contributed by atoms with E-state index in [2.05, 4.69) is 17.6 Å². The number of halogens is 1. The van der Waals surface area contributed by atoms with E-state index in [1.54, 1.807) is 0 Å². The highest BCUT2D eigenvalue weighted by Crippen LogP contribution is 2.24. The van der Waals surface area contributed by atoms with E-state index < -0.39 is 0 Å². The van der Waals surface area contributed by atoms with Crippen LogP contribution in [0.25, 0.3) is 0 Å². The van der Waals surface area contributed by atoms with Crippen LogP contribution in [0, 0.1) is 11.8 Å². The van der Waals surface area contributed by atoms with Gasteiger partial charge in [-0.05, 0) is 76.2 Å². The van der Waals surface area contributed by atoms with Crippen LogP contribution in [-0.2, 0) is 4.79 Å². The first kappa shape index (κ1) is 21.8. The van der Waals surface area contributed by atoms with Crippen LogP contribution in [0.5, 0.6) is 5.75 Å². The summed E-state index contributed by atoms with van der Waals surface area (Å²) in [5, 5.41) is 6.56. The van der Waals surface area contributed by atoms with Crippen molar-refractivity contribution in [3.63, 3.8) is 0 Å². The van der Waals surface area contributed by atoms with Gasteiger partial charge in [-0.25, -0.2) is 0 Å². The predicted molar refractivity (Wildman–Crippen MR) is 105 cm³/mol. The average molecular weight is 369 g/mol. The quantitative estimate of drug-likeness (QED) is 0.761. The van der Waals surface area contributed by atoms with Crippen molar-refractivity contribution in [3.8, 4) is 5.75 Å². The maximum absolute atomic E-state index is 12.4. The number of rotatable bonds is 7. The van der Waals surface area contributed by atoms with E-state index in [1.165, 1.54) is 12.8 Å². The first-order chi connectivity index (χ1) is 11.5. The Balaban J connectivity index is 0.00000312. The Hall–Kier alpha value is -1.26. The van der Waals surface area contributed by atoms with Crippen molar-refractivity contribution in [2.75, 3.05) is 13.1 Å². The SMILES string of the molecule is CC(C)Oc1cccc(C(C)NC(=O)CC(C)C2CCCNC2)c1.Cl. The Morgan fingerprint density at radius 2 is 2.08 bits per heavy atom. The lowest BCUT2D eigenvalue weighted by atomic mass is 9.85. The Morgan fingerprint density at radius 1 is 1.32 bits per heavy atom. The van der Waals surface area contributed by atoms with Crippen molar-refractivity contribution < 1.29 is 9.53 Å². The molecule has 3 unspecified atom stereocenters. The van der Waals surface area contributed by atoms with Crippen LogP contribution in [0.3, 0.4) is 0 Å². The number of amides is 1. The third kappa shape index (κ3) is 7.25. The minimum Gasteiger partial charge on any atom is -0.491 e. The van der Waals surface area contributed by atoms with Gasteiger partial charge in [0.1, 0.15) is 5.75 Å². The highest BCUT2D eigenvalue weighted by atomic mass is 35.5. The van der Waals surface area contributed by atoms with E-state index >= 15 is 0 Å². The van der Waals surface area contributed by atoms with Gasteiger partial charge in [-0.3, -0.25) is 4.79 Å². The summed E-state index contributed by atoms with van der Waals surface area (Å²) in [5.41, 5.74) is 1.08. The van der Waals surface area contributed by atoms with Gasteiger partial charge in [0.15, 0.2) is 0 Å². The van der Waals surface area contributed by atoms with Crippen molar-refractivity contribution >= 4 is 18.3 Å². The van der Waals surface area contributed by atoms with Crippen LogP contribution in [0.1, 0.15) is 58.6 Å². The molecule has 1 aliphatic heterocycles. The monoisotopic (exact) mass is 368 g/mol. The molecule has 1 fully saturated rings. The molecule has 1 heterocycles. The molecule has 0 radical (unpaired) electrons. The lowest BCUT2D eigenvalue weighted by Crippen LogP contribution is -2.36. The molecule has 142 valence electrons. The molecule has 25 heavy (non-hydrogen) atoms. The molecule has 4 nitrogen and oxygen atoms in total. The predicted octanol–water partition coefficient (Wildman–Crippen LogP) is 4.10. The summed E-state index contributed by atoms with van der Waals surface area (Å²) < 4.78 is 5.73. The number of piperidine rings is 1. The molecule has 0 aliphatic carbocycles. The molecule has 5 heteroatoms. The first-order valence-electron chi connectivity index (χ1n) is 9.22. The van der Waals surface area contributed by atoms with Gasteiger partial charge in [-0.15, -0.1) is 12.4 Å². The Morgan fingerprint density at radius 3 is 2.72 bits per heavy atom. The molecule has 0 bridgehead atoms. The van der Waals surface area contributed by atoms with Crippen molar-refractivity contribution in [2.45, 2.75) is 59.1 Å². The molecule has 1 amide bonds. The molecule has 3 atom stereocenters. The third-order valence-corrected chi connectivity index (χ3v) is 4.75. The van der Waals surface area contributed by atoms with Crippen LogP contribution in [0.15, 0.2) is 24.3 Å². The largest absolute Gasteiger partial charge is 0.491 e. The molecule has 2 rings (SSSR count). The fourth-order valence-corrected chi connectivity index (χ4v) is 3.34. The van der Waals surface area contributed by atoms with Crippen molar-refractivity contribution in [1.29, 1.82) is 0 Å². The third-order valence-electron chi connectivity index (χ3n) is 4.75. The summed E-state index contributed by atoms with van der Waals surface area (Å²) in [6.07, 6.45) is 3.19. The summed E-state index contributed by atoms with van der Waals surface area (Å²) in [4.78, 5) is 12.4. The molecule has 1 aromatic rings. The lowest BCUT2D eigenvalue weighted by Gasteiger charge is -2.28. The maximum atomic E-state index is 12.4. The summed E-state index contributed by atoms with van der Waals surface area (Å²) in [5.74, 6) is 2.02. The summed E-state index contributed by atoms with van der Waals surface area (Å²) in [6.45, 7) is 10.4. The second-order valence-electron chi connectivity index (χ2n) is 7.32. The molecule has 2 N–H and O–H groups in total. The molecule has 1 aromatic carbocycles. The maximum Gasteiger partial charge on any atom is 0.220 e. The average Bonchev–Trinajstić information content (AvgIpc) is 2.55. The van der Waals surface area contributed by atoms with Gasteiger partial charge >= 0.3 is 0 Å². The minimum absolute atomic E-state index is 0. The number of carbonyl (C=O) groups excluding carboxylic acids is 1. The van der Waals surface area contributed by atoms with Crippen LogP contribution < -0.4 is 15.4 Å².